The van der Waals surface area contributed by atoms with Crippen LogP contribution >= 0.6 is 23.4 Å². The molecule has 104 valence electrons. The van der Waals surface area contributed by atoms with Crippen molar-refractivity contribution in [1.29, 1.82) is 0 Å². The number of amides is 1. The van der Waals surface area contributed by atoms with Crippen LogP contribution in [0, 0.1) is 5.92 Å². The monoisotopic (exact) mass is 298 g/mol. The molecule has 3 nitrogen and oxygen atoms in total. The van der Waals surface area contributed by atoms with E-state index in [1.165, 1.54) is 25.7 Å². The summed E-state index contributed by atoms with van der Waals surface area (Å²) in [5.74, 6) is 2.37. The topological polar surface area (TPSA) is 55.1 Å². The van der Waals surface area contributed by atoms with Crippen molar-refractivity contribution in [2.45, 2.75) is 25.7 Å². The van der Waals surface area contributed by atoms with Gasteiger partial charge in [-0.2, -0.15) is 11.8 Å². The molecule has 2 rings (SSSR count). The lowest BCUT2D eigenvalue weighted by atomic mass is 10.1. The number of nitrogen functional groups attached to an aromatic ring is 1. The Morgan fingerprint density at radius 2 is 2.16 bits per heavy atom. The van der Waals surface area contributed by atoms with E-state index in [2.05, 4.69) is 5.32 Å². The SMILES string of the molecule is Nc1ccc(NC(=O)CSCC2CCCC2)c(Cl)c1. The molecule has 1 aromatic carbocycles. The summed E-state index contributed by atoms with van der Waals surface area (Å²) in [6, 6.07) is 5.10. The highest BCUT2D eigenvalue weighted by molar-refractivity contribution is 7.99. The number of hydrogen-bond acceptors (Lipinski definition) is 3. The average Bonchev–Trinajstić information content (AvgIpc) is 2.86. The Bertz CT molecular complexity index is 447. The largest absolute Gasteiger partial charge is 0.399 e. The summed E-state index contributed by atoms with van der Waals surface area (Å²) in [6.45, 7) is 0. The molecular weight excluding hydrogens is 280 g/mol. The van der Waals surface area contributed by atoms with Gasteiger partial charge in [0.05, 0.1) is 16.5 Å². The fourth-order valence-electron chi connectivity index (χ4n) is 2.31. The van der Waals surface area contributed by atoms with E-state index >= 15 is 0 Å². The van der Waals surface area contributed by atoms with Gasteiger partial charge in [0.1, 0.15) is 0 Å². The predicted octanol–water partition coefficient (Wildman–Crippen LogP) is 3.78. The number of nitrogens with one attached hydrogen (secondary N) is 1. The molecule has 1 aromatic rings. The van der Waals surface area contributed by atoms with Crippen LogP contribution in [0.4, 0.5) is 11.4 Å². The summed E-state index contributed by atoms with van der Waals surface area (Å²) in [5.41, 5.74) is 6.83. The lowest BCUT2D eigenvalue weighted by molar-refractivity contribution is -0.113. The molecular formula is C14H19ClN2OS. The van der Waals surface area contributed by atoms with Crippen LogP contribution in [-0.4, -0.2) is 17.4 Å². The number of hydrogen-bond donors (Lipinski definition) is 2. The van der Waals surface area contributed by atoms with E-state index in [0.29, 0.717) is 22.2 Å². The van der Waals surface area contributed by atoms with Crippen LogP contribution in [-0.2, 0) is 4.79 Å². The minimum atomic E-state index is -0.00494. The lowest BCUT2D eigenvalue weighted by Gasteiger charge is -2.10. The molecule has 1 saturated carbocycles. The van der Waals surface area contributed by atoms with Crippen molar-refractivity contribution in [1.82, 2.24) is 0 Å². The van der Waals surface area contributed by atoms with Crippen molar-refractivity contribution < 1.29 is 4.79 Å². The number of carbonyl (C=O) groups excluding carboxylic acids is 1. The third-order valence-electron chi connectivity index (χ3n) is 3.33. The first-order chi connectivity index (χ1) is 9.15. The molecule has 0 saturated heterocycles. The number of rotatable bonds is 5. The number of halogens is 1. The quantitative estimate of drug-likeness (QED) is 0.813. The highest BCUT2D eigenvalue weighted by Gasteiger charge is 2.15. The van der Waals surface area contributed by atoms with Gasteiger partial charge in [0.25, 0.3) is 0 Å². The molecule has 1 fully saturated rings. The molecule has 1 amide bonds. The summed E-state index contributed by atoms with van der Waals surface area (Å²) >= 11 is 7.72. The Hall–Kier alpha value is -0.870. The third kappa shape index (κ3) is 4.62. The standard InChI is InChI=1S/C14H19ClN2OS/c15-12-7-11(16)5-6-13(12)17-14(18)9-19-8-10-3-1-2-4-10/h5-7,10H,1-4,8-9,16H2,(H,17,18). The highest BCUT2D eigenvalue weighted by Crippen LogP contribution is 2.28. The minimum absolute atomic E-state index is 0.00494. The van der Waals surface area contributed by atoms with E-state index in [9.17, 15) is 4.79 Å². The van der Waals surface area contributed by atoms with E-state index in [0.717, 1.165) is 11.7 Å². The Morgan fingerprint density at radius 3 is 2.84 bits per heavy atom. The maximum Gasteiger partial charge on any atom is 0.234 e. The van der Waals surface area contributed by atoms with E-state index in [1.54, 1.807) is 30.0 Å². The van der Waals surface area contributed by atoms with E-state index in [1.807, 2.05) is 0 Å². The molecule has 0 radical (unpaired) electrons. The van der Waals surface area contributed by atoms with Crippen molar-refractivity contribution in [2.75, 3.05) is 22.6 Å². The molecule has 0 aliphatic heterocycles. The molecule has 0 atom stereocenters. The number of nitrogens with two attached hydrogens (primary N) is 1. The van der Waals surface area contributed by atoms with Crippen molar-refractivity contribution in [3.05, 3.63) is 23.2 Å². The molecule has 1 aliphatic carbocycles. The lowest BCUT2D eigenvalue weighted by Crippen LogP contribution is -2.15. The zero-order valence-corrected chi connectivity index (χ0v) is 12.4. The van der Waals surface area contributed by atoms with Crippen LogP contribution in [0.3, 0.4) is 0 Å². The van der Waals surface area contributed by atoms with Gasteiger partial charge in [-0.1, -0.05) is 24.4 Å². The molecule has 0 bridgehead atoms. The van der Waals surface area contributed by atoms with Gasteiger partial charge in [-0.3, -0.25) is 4.79 Å². The van der Waals surface area contributed by atoms with Crippen molar-refractivity contribution >= 4 is 40.6 Å². The Morgan fingerprint density at radius 1 is 1.42 bits per heavy atom. The Labute approximate surface area is 123 Å². The van der Waals surface area contributed by atoms with Crippen molar-refractivity contribution in [3.8, 4) is 0 Å². The van der Waals surface area contributed by atoms with Gasteiger partial charge in [-0.15, -0.1) is 0 Å². The molecule has 19 heavy (non-hydrogen) atoms. The number of anilines is 2. The van der Waals surface area contributed by atoms with Crippen LogP contribution in [0.25, 0.3) is 0 Å². The summed E-state index contributed by atoms with van der Waals surface area (Å²) < 4.78 is 0. The van der Waals surface area contributed by atoms with Crippen LogP contribution in [0.5, 0.6) is 0 Å². The second-order valence-corrected chi connectivity index (χ2v) is 6.39. The second-order valence-electron chi connectivity index (χ2n) is 4.95. The van der Waals surface area contributed by atoms with E-state index < -0.39 is 0 Å². The van der Waals surface area contributed by atoms with Gasteiger partial charge >= 0.3 is 0 Å². The maximum atomic E-state index is 11.8. The molecule has 0 unspecified atom stereocenters. The molecule has 0 aromatic heterocycles. The third-order valence-corrected chi connectivity index (χ3v) is 4.81. The normalized spacial score (nSPS) is 15.6. The summed E-state index contributed by atoms with van der Waals surface area (Å²) in [5, 5.41) is 3.30. The van der Waals surface area contributed by atoms with Gasteiger partial charge < -0.3 is 11.1 Å². The number of benzene rings is 1. The number of carbonyl (C=O) groups is 1. The zero-order valence-electron chi connectivity index (χ0n) is 10.8. The number of thioether (sulfide) groups is 1. The van der Waals surface area contributed by atoms with Gasteiger partial charge in [0.2, 0.25) is 5.91 Å². The fourth-order valence-corrected chi connectivity index (χ4v) is 3.59. The fraction of sp³-hybridized carbons (Fsp3) is 0.500. The highest BCUT2D eigenvalue weighted by atomic mass is 35.5. The first-order valence-electron chi connectivity index (χ1n) is 6.58. The molecule has 5 heteroatoms. The molecule has 0 heterocycles. The maximum absolute atomic E-state index is 11.8. The van der Waals surface area contributed by atoms with Crippen LogP contribution in [0.2, 0.25) is 5.02 Å². The van der Waals surface area contributed by atoms with Crippen LogP contribution < -0.4 is 11.1 Å². The average molecular weight is 299 g/mol. The predicted molar refractivity (Wildman–Crippen MR) is 83.8 cm³/mol. The van der Waals surface area contributed by atoms with Crippen molar-refractivity contribution in [3.63, 3.8) is 0 Å². The summed E-state index contributed by atoms with van der Waals surface area (Å²) in [7, 11) is 0. The smallest absolute Gasteiger partial charge is 0.234 e. The molecule has 1 aliphatic rings. The first kappa shape index (κ1) is 14.5. The van der Waals surface area contributed by atoms with Gasteiger partial charge in [0.15, 0.2) is 0 Å². The Balaban J connectivity index is 1.74. The van der Waals surface area contributed by atoms with E-state index in [4.69, 9.17) is 17.3 Å². The van der Waals surface area contributed by atoms with Gasteiger partial charge in [-0.25, -0.2) is 0 Å². The van der Waals surface area contributed by atoms with Crippen LogP contribution in [0.15, 0.2) is 18.2 Å². The molecule has 0 spiro atoms. The zero-order chi connectivity index (χ0) is 13.7. The first-order valence-corrected chi connectivity index (χ1v) is 8.11. The van der Waals surface area contributed by atoms with Crippen molar-refractivity contribution in [2.24, 2.45) is 5.92 Å². The second kappa shape index (κ2) is 7.06. The van der Waals surface area contributed by atoms with Gasteiger partial charge in [-0.05, 0) is 42.7 Å². The van der Waals surface area contributed by atoms with E-state index in [-0.39, 0.29) is 5.91 Å². The van der Waals surface area contributed by atoms with Crippen LogP contribution in [0.1, 0.15) is 25.7 Å². The van der Waals surface area contributed by atoms with Gasteiger partial charge in [0, 0.05) is 5.69 Å². The Kier molecular flexibility index (Phi) is 5.40. The molecule has 3 N–H and O–H groups in total. The summed E-state index contributed by atoms with van der Waals surface area (Å²) in [4.78, 5) is 11.8. The summed E-state index contributed by atoms with van der Waals surface area (Å²) in [6.07, 6.45) is 5.33. The minimum Gasteiger partial charge on any atom is -0.399 e.